The number of aliphatic hydroxyl groups excluding tert-OH is 1. The van der Waals surface area contributed by atoms with Gasteiger partial charge in [-0.2, -0.15) is 0 Å². The van der Waals surface area contributed by atoms with Crippen molar-refractivity contribution < 1.29 is 5.11 Å². The first-order valence-corrected chi connectivity index (χ1v) is 6.97. The molecule has 1 unspecified atom stereocenters. The summed E-state index contributed by atoms with van der Waals surface area (Å²) < 4.78 is 0. The first-order valence-electron chi connectivity index (χ1n) is 6.97. The SMILES string of the molecule is CCNC(CO)CN1CCc2ccccc2CC1. The van der Waals surface area contributed by atoms with Gasteiger partial charge in [-0.1, -0.05) is 31.2 Å². The van der Waals surface area contributed by atoms with Crippen LogP contribution in [0.25, 0.3) is 0 Å². The van der Waals surface area contributed by atoms with Gasteiger partial charge in [0.1, 0.15) is 0 Å². The lowest BCUT2D eigenvalue weighted by atomic mass is 10.0. The Bertz CT molecular complexity index is 340. The number of nitrogens with zero attached hydrogens (tertiary/aromatic N) is 1. The smallest absolute Gasteiger partial charge is 0.0597 e. The lowest BCUT2D eigenvalue weighted by molar-refractivity contribution is 0.186. The molecular weight excluding hydrogens is 224 g/mol. The molecule has 0 saturated carbocycles. The zero-order chi connectivity index (χ0) is 12.8. The summed E-state index contributed by atoms with van der Waals surface area (Å²) in [6.45, 7) is 6.35. The molecule has 0 saturated heterocycles. The van der Waals surface area contributed by atoms with E-state index in [9.17, 15) is 5.11 Å². The van der Waals surface area contributed by atoms with Crippen LogP contribution >= 0.6 is 0 Å². The number of hydrogen-bond acceptors (Lipinski definition) is 3. The van der Waals surface area contributed by atoms with Crippen LogP contribution in [0.3, 0.4) is 0 Å². The molecule has 0 fully saturated rings. The molecule has 1 aliphatic rings. The Morgan fingerprint density at radius 1 is 1.22 bits per heavy atom. The van der Waals surface area contributed by atoms with E-state index in [-0.39, 0.29) is 12.6 Å². The summed E-state index contributed by atoms with van der Waals surface area (Å²) in [5.74, 6) is 0. The number of aliphatic hydroxyl groups is 1. The maximum atomic E-state index is 9.34. The zero-order valence-electron chi connectivity index (χ0n) is 11.2. The van der Waals surface area contributed by atoms with Crippen molar-refractivity contribution in [3.8, 4) is 0 Å². The van der Waals surface area contributed by atoms with Crippen molar-refractivity contribution in [1.29, 1.82) is 0 Å². The fraction of sp³-hybridized carbons (Fsp3) is 0.600. The highest BCUT2D eigenvalue weighted by atomic mass is 16.3. The molecule has 18 heavy (non-hydrogen) atoms. The molecule has 0 radical (unpaired) electrons. The third-order valence-electron chi connectivity index (χ3n) is 3.70. The Morgan fingerprint density at radius 3 is 2.33 bits per heavy atom. The zero-order valence-corrected chi connectivity index (χ0v) is 11.2. The molecule has 0 aliphatic carbocycles. The number of benzene rings is 1. The van der Waals surface area contributed by atoms with E-state index in [0.29, 0.717) is 0 Å². The second kappa shape index (κ2) is 6.88. The predicted molar refractivity (Wildman–Crippen MR) is 74.8 cm³/mol. The minimum absolute atomic E-state index is 0.205. The summed E-state index contributed by atoms with van der Waals surface area (Å²) in [7, 11) is 0. The van der Waals surface area contributed by atoms with Crippen LogP contribution in [0.4, 0.5) is 0 Å². The molecule has 2 N–H and O–H groups in total. The highest BCUT2D eigenvalue weighted by Gasteiger charge is 2.16. The highest BCUT2D eigenvalue weighted by molar-refractivity contribution is 5.28. The van der Waals surface area contributed by atoms with E-state index in [2.05, 4.69) is 41.4 Å². The number of nitrogens with one attached hydrogen (secondary N) is 1. The van der Waals surface area contributed by atoms with Crippen molar-refractivity contribution in [2.24, 2.45) is 0 Å². The van der Waals surface area contributed by atoms with E-state index in [1.165, 1.54) is 11.1 Å². The van der Waals surface area contributed by atoms with Crippen molar-refractivity contribution in [2.75, 3.05) is 32.8 Å². The van der Waals surface area contributed by atoms with E-state index >= 15 is 0 Å². The molecule has 0 bridgehead atoms. The van der Waals surface area contributed by atoms with Crippen molar-refractivity contribution in [1.82, 2.24) is 10.2 Å². The Hall–Kier alpha value is -0.900. The van der Waals surface area contributed by atoms with Crippen LogP contribution < -0.4 is 5.32 Å². The van der Waals surface area contributed by atoms with Gasteiger partial charge in [0, 0.05) is 25.7 Å². The van der Waals surface area contributed by atoms with Crippen LogP contribution in [0.15, 0.2) is 24.3 Å². The van der Waals surface area contributed by atoms with Gasteiger partial charge in [0.2, 0.25) is 0 Å². The Labute approximate surface area is 110 Å². The average Bonchev–Trinajstić information content (AvgIpc) is 2.61. The topological polar surface area (TPSA) is 35.5 Å². The van der Waals surface area contributed by atoms with E-state index < -0.39 is 0 Å². The highest BCUT2D eigenvalue weighted by Crippen LogP contribution is 2.15. The van der Waals surface area contributed by atoms with Crippen LogP contribution in [-0.2, 0) is 12.8 Å². The van der Waals surface area contributed by atoms with E-state index in [4.69, 9.17) is 0 Å². The molecule has 3 heteroatoms. The third-order valence-corrected chi connectivity index (χ3v) is 3.70. The number of hydrogen-bond donors (Lipinski definition) is 2. The molecule has 1 aliphatic heterocycles. The fourth-order valence-corrected chi connectivity index (χ4v) is 2.68. The molecule has 3 nitrogen and oxygen atoms in total. The van der Waals surface area contributed by atoms with Gasteiger partial charge in [0.15, 0.2) is 0 Å². The van der Waals surface area contributed by atoms with E-state index in [0.717, 1.165) is 39.0 Å². The number of rotatable bonds is 5. The molecular formula is C15H24N2O. The summed E-state index contributed by atoms with van der Waals surface area (Å²) >= 11 is 0. The van der Waals surface area contributed by atoms with Crippen LogP contribution in [0.2, 0.25) is 0 Å². The molecule has 0 amide bonds. The maximum Gasteiger partial charge on any atom is 0.0597 e. The Balaban J connectivity index is 1.91. The summed E-state index contributed by atoms with van der Waals surface area (Å²) in [4.78, 5) is 2.46. The first kappa shape index (κ1) is 13.5. The summed E-state index contributed by atoms with van der Waals surface area (Å²) in [5, 5.41) is 12.7. The largest absolute Gasteiger partial charge is 0.395 e. The van der Waals surface area contributed by atoms with Gasteiger partial charge in [-0.25, -0.2) is 0 Å². The standard InChI is InChI=1S/C15H24N2O/c1-2-16-15(12-18)11-17-9-7-13-5-3-4-6-14(13)8-10-17/h3-6,15-16,18H,2,7-12H2,1H3. The van der Waals surface area contributed by atoms with Gasteiger partial charge in [-0.3, -0.25) is 0 Å². The summed E-state index contributed by atoms with van der Waals surface area (Å²) in [6, 6.07) is 8.95. The number of fused-ring (bicyclic) bond motifs is 1. The van der Waals surface area contributed by atoms with Gasteiger partial charge in [-0.05, 0) is 30.5 Å². The second-order valence-electron chi connectivity index (χ2n) is 5.01. The molecule has 0 aromatic heterocycles. The van der Waals surface area contributed by atoms with Crippen molar-refractivity contribution >= 4 is 0 Å². The lowest BCUT2D eigenvalue weighted by Crippen LogP contribution is -2.44. The molecule has 1 atom stereocenters. The fourth-order valence-electron chi connectivity index (χ4n) is 2.68. The van der Waals surface area contributed by atoms with Gasteiger partial charge >= 0.3 is 0 Å². The number of likely N-dealkylation sites (N-methyl/N-ethyl adjacent to an activating group) is 1. The van der Waals surface area contributed by atoms with E-state index in [1.54, 1.807) is 0 Å². The van der Waals surface area contributed by atoms with Gasteiger partial charge in [-0.15, -0.1) is 0 Å². The Kier molecular flexibility index (Phi) is 5.17. The minimum Gasteiger partial charge on any atom is -0.395 e. The van der Waals surface area contributed by atoms with Crippen LogP contribution in [0.5, 0.6) is 0 Å². The molecule has 0 spiro atoms. The molecule has 1 aromatic rings. The first-order chi connectivity index (χ1) is 8.83. The summed E-state index contributed by atoms with van der Waals surface area (Å²) in [5.41, 5.74) is 2.98. The summed E-state index contributed by atoms with van der Waals surface area (Å²) in [6.07, 6.45) is 2.25. The average molecular weight is 248 g/mol. The quantitative estimate of drug-likeness (QED) is 0.818. The Morgan fingerprint density at radius 2 is 1.83 bits per heavy atom. The second-order valence-corrected chi connectivity index (χ2v) is 5.01. The molecule has 2 rings (SSSR count). The van der Waals surface area contributed by atoms with Crippen LogP contribution in [0.1, 0.15) is 18.1 Å². The molecule has 1 aromatic carbocycles. The van der Waals surface area contributed by atoms with Crippen molar-refractivity contribution in [2.45, 2.75) is 25.8 Å². The third kappa shape index (κ3) is 3.55. The van der Waals surface area contributed by atoms with Crippen LogP contribution in [0, 0.1) is 0 Å². The van der Waals surface area contributed by atoms with Crippen molar-refractivity contribution in [3.63, 3.8) is 0 Å². The normalized spacial score (nSPS) is 18.1. The van der Waals surface area contributed by atoms with Gasteiger partial charge in [0.05, 0.1) is 6.61 Å². The van der Waals surface area contributed by atoms with E-state index in [1.807, 2.05) is 0 Å². The predicted octanol–water partition coefficient (Wildman–Crippen LogP) is 1.06. The molecule has 100 valence electrons. The minimum atomic E-state index is 0.205. The van der Waals surface area contributed by atoms with Crippen LogP contribution in [-0.4, -0.2) is 48.8 Å². The molecule has 1 heterocycles. The van der Waals surface area contributed by atoms with Gasteiger partial charge in [0.25, 0.3) is 0 Å². The maximum absolute atomic E-state index is 9.34. The van der Waals surface area contributed by atoms with Gasteiger partial charge < -0.3 is 15.3 Å². The lowest BCUT2D eigenvalue weighted by Gasteiger charge is -2.25. The monoisotopic (exact) mass is 248 g/mol. The van der Waals surface area contributed by atoms with Crippen molar-refractivity contribution in [3.05, 3.63) is 35.4 Å².